The van der Waals surface area contributed by atoms with Crippen molar-refractivity contribution in [3.63, 3.8) is 0 Å². The molecule has 1 atom stereocenters. The molecule has 1 unspecified atom stereocenters. The van der Waals surface area contributed by atoms with Gasteiger partial charge in [-0.05, 0) is 44.4 Å². The molecule has 1 saturated heterocycles. The fourth-order valence-electron chi connectivity index (χ4n) is 3.81. The van der Waals surface area contributed by atoms with E-state index in [1.807, 2.05) is 11.8 Å². The van der Waals surface area contributed by atoms with Crippen molar-refractivity contribution >= 4 is 11.9 Å². The Morgan fingerprint density at radius 1 is 1.00 bits per heavy atom. The molecular weight excluding hydrogens is 270 g/mol. The predicted molar refractivity (Wildman–Crippen MR) is 78.8 cm³/mol. The lowest BCUT2D eigenvalue weighted by atomic mass is 9.79. The van der Waals surface area contributed by atoms with Crippen LogP contribution in [0.4, 0.5) is 0 Å². The molecule has 1 amide bonds. The Bertz CT molecular complexity index is 399. The topological polar surface area (TPSA) is 77.8 Å². The van der Waals surface area contributed by atoms with Crippen molar-refractivity contribution in [2.45, 2.75) is 70.3 Å². The number of carboxylic acid groups (broad SMARTS) is 1. The van der Waals surface area contributed by atoms with Gasteiger partial charge in [-0.15, -0.1) is 0 Å². The Kier molecular flexibility index (Phi) is 4.91. The first-order chi connectivity index (χ1) is 9.82. The van der Waals surface area contributed by atoms with E-state index in [9.17, 15) is 14.7 Å². The van der Waals surface area contributed by atoms with Crippen molar-refractivity contribution in [1.29, 1.82) is 0 Å². The van der Waals surface area contributed by atoms with Gasteiger partial charge in [0.25, 0.3) is 0 Å². The van der Waals surface area contributed by atoms with Gasteiger partial charge in [-0.1, -0.05) is 12.8 Å². The summed E-state index contributed by atoms with van der Waals surface area (Å²) in [5.41, 5.74) is -1.02. The fraction of sp³-hybridized carbons (Fsp3) is 0.875. The van der Waals surface area contributed by atoms with Crippen molar-refractivity contribution in [2.24, 2.45) is 5.41 Å². The van der Waals surface area contributed by atoms with Crippen LogP contribution in [0.15, 0.2) is 0 Å². The van der Waals surface area contributed by atoms with Crippen LogP contribution >= 0.6 is 0 Å². The first-order valence-electron chi connectivity index (χ1n) is 8.04. The van der Waals surface area contributed by atoms with E-state index in [4.69, 9.17) is 5.11 Å². The van der Waals surface area contributed by atoms with Gasteiger partial charge in [-0.3, -0.25) is 9.59 Å². The maximum Gasteiger partial charge on any atom is 0.303 e. The van der Waals surface area contributed by atoms with Gasteiger partial charge >= 0.3 is 5.97 Å². The van der Waals surface area contributed by atoms with E-state index in [-0.39, 0.29) is 17.7 Å². The van der Waals surface area contributed by atoms with E-state index in [1.165, 1.54) is 0 Å². The van der Waals surface area contributed by atoms with Gasteiger partial charge in [0.2, 0.25) is 5.91 Å². The van der Waals surface area contributed by atoms with E-state index in [2.05, 4.69) is 0 Å². The first kappa shape index (κ1) is 16.3. The number of likely N-dealkylation sites (tertiary alicyclic amines) is 1. The van der Waals surface area contributed by atoms with Gasteiger partial charge in [0.1, 0.15) is 0 Å². The molecule has 2 rings (SSSR count). The second-order valence-electron chi connectivity index (χ2n) is 7.19. The van der Waals surface area contributed by atoms with E-state index in [0.717, 1.165) is 38.5 Å². The molecule has 2 N–H and O–H groups in total. The summed E-state index contributed by atoms with van der Waals surface area (Å²) < 4.78 is 0. The molecule has 1 aliphatic heterocycles. The van der Waals surface area contributed by atoms with Crippen LogP contribution < -0.4 is 0 Å². The summed E-state index contributed by atoms with van der Waals surface area (Å²) in [6, 6.07) is 0. The Balaban J connectivity index is 1.97. The van der Waals surface area contributed by atoms with Crippen molar-refractivity contribution in [3.8, 4) is 0 Å². The zero-order valence-electron chi connectivity index (χ0n) is 12.9. The number of hydrogen-bond acceptors (Lipinski definition) is 3. The molecule has 1 aliphatic carbocycles. The second kappa shape index (κ2) is 6.34. The van der Waals surface area contributed by atoms with Gasteiger partial charge in [0.05, 0.1) is 12.0 Å². The minimum atomic E-state index is -0.802. The van der Waals surface area contributed by atoms with E-state index < -0.39 is 11.6 Å². The summed E-state index contributed by atoms with van der Waals surface area (Å²) in [6.07, 6.45) is 6.32. The molecule has 5 nitrogen and oxygen atoms in total. The molecular formula is C16H27NO4. The molecule has 0 bridgehead atoms. The maximum atomic E-state index is 12.6. The highest BCUT2D eigenvalue weighted by Crippen LogP contribution is 2.44. The van der Waals surface area contributed by atoms with Crippen molar-refractivity contribution in [3.05, 3.63) is 0 Å². The number of aliphatic carboxylic acids is 1. The smallest absolute Gasteiger partial charge is 0.303 e. The second-order valence-corrected chi connectivity index (χ2v) is 7.19. The minimum absolute atomic E-state index is 0.0656. The van der Waals surface area contributed by atoms with Crippen molar-refractivity contribution in [1.82, 2.24) is 4.90 Å². The van der Waals surface area contributed by atoms with Crippen LogP contribution in [-0.4, -0.2) is 45.7 Å². The molecule has 2 aliphatic rings. The molecule has 2 fully saturated rings. The number of rotatable bonds is 4. The van der Waals surface area contributed by atoms with Crippen molar-refractivity contribution in [2.75, 3.05) is 13.1 Å². The predicted octanol–water partition coefficient (Wildman–Crippen LogP) is 2.18. The monoisotopic (exact) mass is 297 g/mol. The average molecular weight is 297 g/mol. The van der Waals surface area contributed by atoms with E-state index >= 15 is 0 Å². The Morgan fingerprint density at radius 3 is 2.29 bits per heavy atom. The van der Waals surface area contributed by atoms with Gasteiger partial charge in [0.15, 0.2) is 0 Å². The third kappa shape index (κ3) is 4.43. The van der Waals surface area contributed by atoms with Crippen LogP contribution in [0.1, 0.15) is 64.7 Å². The number of carboxylic acids is 1. The third-order valence-electron chi connectivity index (χ3n) is 5.13. The lowest BCUT2D eigenvalue weighted by molar-refractivity contribution is -0.141. The molecule has 1 saturated carbocycles. The fourth-order valence-corrected chi connectivity index (χ4v) is 3.81. The van der Waals surface area contributed by atoms with Crippen LogP contribution in [0.3, 0.4) is 0 Å². The number of amides is 1. The van der Waals surface area contributed by atoms with Crippen LogP contribution in [0.2, 0.25) is 0 Å². The van der Waals surface area contributed by atoms with Gasteiger partial charge in [-0.25, -0.2) is 0 Å². The normalized spacial score (nSPS) is 29.1. The summed E-state index contributed by atoms with van der Waals surface area (Å²) in [4.78, 5) is 25.5. The molecule has 0 spiro atoms. The summed E-state index contributed by atoms with van der Waals surface area (Å²) >= 11 is 0. The Hall–Kier alpha value is -1.10. The molecule has 120 valence electrons. The summed E-state index contributed by atoms with van der Waals surface area (Å²) in [6.45, 7) is 3.08. The SMILES string of the molecule is CC1(O)CCCN(C(=O)CC2(CC(=O)O)CCCC2)CC1. The molecule has 5 heteroatoms. The summed E-state index contributed by atoms with van der Waals surface area (Å²) in [7, 11) is 0. The Morgan fingerprint density at radius 2 is 1.67 bits per heavy atom. The van der Waals surface area contributed by atoms with E-state index in [1.54, 1.807) is 0 Å². The van der Waals surface area contributed by atoms with Crippen LogP contribution in [0.25, 0.3) is 0 Å². The lowest BCUT2D eigenvalue weighted by Crippen LogP contribution is -2.37. The number of carbonyl (C=O) groups is 2. The zero-order valence-corrected chi connectivity index (χ0v) is 12.9. The largest absolute Gasteiger partial charge is 0.481 e. The minimum Gasteiger partial charge on any atom is -0.481 e. The molecule has 0 aromatic rings. The van der Waals surface area contributed by atoms with Crippen LogP contribution in [0, 0.1) is 5.41 Å². The van der Waals surface area contributed by atoms with Gasteiger partial charge < -0.3 is 15.1 Å². The lowest BCUT2D eigenvalue weighted by Gasteiger charge is -2.30. The number of aliphatic hydroxyl groups is 1. The Labute approximate surface area is 126 Å². The highest BCUT2D eigenvalue weighted by Gasteiger charge is 2.39. The standard InChI is InChI=1S/C16H27NO4/c1-15(21)5-4-9-17(10-8-15)13(18)11-16(12-14(19)20)6-2-3-7-16/h21H,2-12H2,1H3,(H,19,20). The van der Waals surface area contributed by atoms with E-state index in [0.29, 0.717) is 25.9 Å². The third-order valence-corrected chi connectivity index (χ3v) is 5.13. The number of hydrogen-bond donors (Lipinski definition) is 2. The number of nitrogens with zero attached hydrogens (tertiary/aromatic N) is 1. The first-order valence-corrected chi connectivity index (χ1v) is 8.04. The van der Waals surface area contributed by atoms with Gasteiger partial charge in [-0.2, -0.15) is 0 Å². The molecule has 0 aromatic heterocycles. The quantitative estimate of drug-likeness (QED) is 0.833. The van der Waals surface area contributed by atoms with Crippen LogP contribution in [0.5, 0.6) is 0 Å². The highest BCUT2D eigenvalue weighted by molar-refractivity contribution is 5.78. The average Bonchev–Trinajstić information content (AvgIpc) is 2.71. The summed E-state index contributed by atoms with van der Waals surface area (Å²) in [5.74, 6) is -0.737. The van der Waals surface area contributed by atoms with Crippen molar-refractivity contribution < 1.29 is 19.8 Å². The summed E-state index contributed by atoms with van der Waals surface area (Å²) in [5, 5.41) is 19.2. The zero-order chi connectivity index (χ0) is 15.5. The maximum absolute atomic E-state index is 12.6. The molecule has 0 radical (unpaired) electrons. The highest BCUT2D eigenvalue weighted by atomic mass is 16.4. The van der Waals surface area contributed by atoms with Crippen LogP contribution in [-0.2, 0) is 9.59 Å². The number of carbonyl (C=O) groups excluding carboxylic acids is 1. The molecule has 1 heterocycles. The van der Waals surface area contributed by atoms with Gasteiger partial charge in [0, 0.05) is 19.5 Å². The molecule has 21 heavy (non-hydrogen) atoms. The molecule has 0 aromatic carbocycles.